The van der Waals surface area contributed by atoms with E-state index in [2.05, 4.69) is 25.8 Å². The van der Waals surface area contributed by atoms with Crippen LogP contribution in [0.25, 0.3) is 0 Å². The number of carbonyl (C=O) groups is 1. The van der Waals surface area contributed by atoms with Crippen molar-refractivity contribution >= 4 is 34.8 Å². The van der Waals surface area contributed by atoms with Crippen LogP contribution < -0.4 is 16.4 Å². The maximum Gasteiger partial charge on any atom is 0.411 e. The van der Waals surface area contributed by atoms with Gasteiger partial charge in [-0.15, -0.1) is 5.11 Å². The average molecular weight is 342 g/mol. The Balaban J connectivity index is 2.35. The molecule has 2 rings (SSSR count). The monoisotopic (exact) mass is 342 g/mol. The Labute approximate surface area is 146 Å². The van der Waals surface area contributed by atoms with Crippen LogP contribution in [0.3, 0.4) is 0 Å². The van der Waals surface area contributed by atoms with Crippen molar-refractivity contribution in [2.75, 3.05) is 23.0 Å². The lowest BCUT2D eigenvalue weighted by molar-refractivity contribution is 0.168. The lowest BCUT2D eigenvalue weighted by atomic mass is 10.3. The van der Waals surface area contributed by atoms with Gasteiger partial charge in [-0.3, -0.25) is 5.32 Å². The van der Waals surface area contributed by atoms with Crippen molar-refractivity contribution in [3.8, 4) is 0 Å². The number of benzene rings is 1. The molecule has 1 aromatic carbocycles. The fourth-order valence-corrected chi connectivity index (χ4v) is 1.96. The summed E-state index contributed by atoms with van der Waals surface area (Å²) >= 11 is 0. The quantitative estimate of drug-likeness (QED) is 0.670. The number of hydrogen-bond acceptors (Lipinski definition) is 7. The van der Waals surface area contributed by atoms with Crippen molar-refractivity contribution in [2.24, 2.45) is 10.2 Å². The van der Waals surface area contributed by atoms with Crippen molar-refractivity contribution in [2.45, 2.75) is 26.8 Å². The molecule has 0 aliphatic heterocycles. The number of aromatic nitrogens is 1. The highest BCUT2D eigenvalue weighted by molar-refractivity contribution is 5.90. The Morgan fingerprint density at radius 2 is 2.00 bits per heavy atom. The van der Waals surface area contributed by atoms with Gasteiger partial charge < -0.3 is 15.8 Å². The van der Waals surface area contributed by atoms with E-state index in [1.807, 2.05) is 44.2 Å². The minimum Gasteiger partial charge on any atom is -0.450 e. The van der Waals surface area contributed by atoms with Crippen LogP contribution in [0.2, 0.25) is 0 Å². The molecule has 1 amide bonds. The molecule has 0 atom stereocenters. The molecule has 4 N–H and O–H groups in total. The number of pyridine rings is 1. The van der Waals surface area contributed by atoms with Gasteiger partial charge in [0.1, 0.15) is 11.5 Å². The predicted molar refractivity (Wildman–Crippen MR) is 98.7 cm³/mol. The first-order chi connectivity index (χ1) is 12.0. The predicted octanol–water partition coefficient (Wildman–Crippen LogP) is 4.47. The summed E-state index contributed by atoms with van der Waals surface area (Å²) in [5, 5.41) is 14.1. The van der Waals surface area contributed by atoms with Gasteiger partial charge in [0.2, 0.25) is 0 Å². The van der Waals surface area contributed by atoms with Gasteiger partial charge in [0.15, 0.2) is 5.82 Å². The summed E-state index contributed by atoms with van der Waals surface area (Å²) < 4.78 is 4.86. The number of nitrogens with two attached hydrogens (primary N) is 1. The molecule has 1 heterocycles. The minimum absolute atomic E-state index is 0.126. The molecule has 0 saturated heterocycles. The van der Waals surface area contributed by atoms with E-state index in [-0.39, 0.29) is 18.5 Å². The number of azo groups is 1. The first-order valence-electron chi connectivity index (χ1n) is 7.97. The summed E-state index contributed by atoms with van der Waals surface area (Å²) in [5.74, 6) is 0.649. The Bertz CT molecular complexity index is 746. The minimum atomic E-state index is -0.605. The van der Waals surface area contributed by atoms with Crippen molar-refractivity contribution in [1.82, 2.24) is 4.98 Å². The van der Waals surface area contributed by atoms with E-state index >= 15 is 0 Å². The summed E-state index contributed by atoms with van der Waals surface area (Å²) in [6, 6.07) is 11.0. The summed E-state index contributed by atoms with van der Waals surface area (Å²) in [7, 11) is 0. The maximum absolute atomic E-state index is 11.6. The van der Waals surface area contributed by atoms with Gasteiger partial charge in [0, 0.05) is 6.04 Å². The molecule has 132 valence electrons. The van der Waals surface area contributed by atoms with Gasteiger partial charge in [-0.05, 0) is 39.0 Å². The molecule has 0 saturated carbocycles. The van der Waals surface area contributed by atoms with Crippen molar-refractivity contribution in [3.63, 3.8) is 0 Å². The van der Waals surface area contributed by atoms with Crippen LogP contribution in [0, 0.1) is 0 Å². The summed E-state index contributed by atoms with van der Waals surface area (Å²) in [4.78, 5) is 15.9. The number of rotatable bonds is 6. The lowest BCUT2D eigenvalue weighted by Crippen LogP contribution is -2.16. The van der Waals surface area contributed by atoms with Crippen LogP contribution in [0.1, 0.15) is 20.8 Å². The lowest BCUT2D eigenvalue weighted by Gasteiger charge is -2.14. The molecule has 0 aliphatic rings. The molecule has 0 unspecified atom stereocenters. The zero-order valence-electron chi connectivity index (χ0n) is 14.5. The van der Waals surface area contributed by atoms with Crippen LogP contribution in [0.15, 0.2) is 46.6 Å². The Morgan fingerprint density at radius 1 is 1.28 bits per heavy atom. The number of ether oxygens (including phenoxy) is 1. The third-order valence-electron chi connectivity index (χ3n) is 3.00. The Kier molecular flexibility index (Phi) is 6.27. The van der Waals surface area contributed by atoms with Crippen LogP contribution in [-0.4, -0.2) is 23.7 Å². The molecular weight excluding hydrogens is 320 g/mol. The number of nitrogens with one attached hydrogen (secondary N) is 2. The molecule has 0 fully saturated rings. The molecule has 8 nitrogen and oxygen atoms in total. The van der Waals surface area contributed by atoms with Gasteiger partial charge in [-0.2, -0.15) is 5.11 Å². The zero-order chi connectivity index (χ0) is 18.2. The smallest absolute Gasteiger partial charge is 0.411 e. The fourth-order valence-electron chi connectivity index (χ4n) is 1.96. The SMILES string of the molecule is CCOC(=O)Nc1cc(N=Nc2ccccc2)c(NC(C)C)nc1N. The number of hydrogen-bond donors (Lipinski definition) is 3. The van der Waals surface area contributed by atoms with E-state index in [1.54, 1.807) is 13.0 Å². The highest BCUT2D eigenvalue weighted by Crippen LogP contribution is 2.32. The molecular formula is C17H22N6O2. The second-order valence-corrected chi connectivity index (χ2v) is 5.47. The second-order valence-electron chi connectivity index (χ2n) is 5.47. The number of amides is 1. The van der Waals surface area contributed by atoms with E-state index in [0.29, 0.717) is 22.9 Å². The highest BCUT2D eigenvalue weighted by Gasteiger charge is 2.13. The van der Waals surface area contributed by atoms with Gasteiger partial charge in [-0.1, -0.05) is 18.2 Å². The third kappa shape index (κ3) is 5.45. The molecule has 8 heteroatoms. The molecule has 0 bridgehead atoms. The van der Waals surface area contributed by atoms with Gasteiger partial charge in [-0.25, -0.2) is 9.78 Å². The molecule has 25 heavy (non-hydrogen) atoms. The number of carbonyl (C=O) groups excluding carboxylic acids is 1. The van der Waals surface area contributed by atoms with Crippen LogP contribution >= 0.6 is 0 Å². The summed E-state index contributed by atoms with van der Waals surface area (Å²) in [5.41, 5.74) is 7.40. The van der Waals surface area contributed by atoms with Gasteiger partial charge >= 0.3 is 6.09 Å². The van der Waals surface area contributed by atoms with Crippen molar-refractivity contribution in [3.05, 3.63) is 36.4 Å². The van der Waals surface area contributed by atoms with Crippen LogP contribution in [0.5, 0.6) is 0 Å². The van der Waals surface area contributed by atoms with Gasteiger partial charge in [0.05, 0.1) is 18.0 Å². The molecule has 0 aliphatic carbocycles. The maximum atomic E-state index is 11.6. The zero-order valence-corrected chi connectivity index (χ0v) is 14.5. The van der Waals surface area contributed by atoms with Crippen LogP contribution in [0.4, 0.5) is 33.5 Å². The van der Waals surface area contributed by atoms with Gasteiger partial charge in [0.25, 0.3) is 0 Å². The molecule has 2 aromatic rings. The Morgan fingerprint density at radius 3 is 2.64 bits per heavy atom. The molecule has 1 aromatic heterocycles. The first-order valence-corrected chi connectivity index (χ1v) is 7.97. The normalized spacial score (nSPS) is 10.9. The van der Waals surface area contributed by atoms with Crippen molar-refractivity contribution < 1.29 is 9.53 Å². The number of anilines is 3. The van der Waals surface area contributed by atoms with Crippen molar-refractivity contribution in [1.29, 1.82) is 0 Å². The topological polar surface area (TPSA) is 114 Å². The number of nitrogen functional groups attached to an aromatic ring is 1. The Hall–Kier alpha value is -3.16. The highest BCUT2D eigenvalue weighted by atomic mass is 16.5. The molecule has 0 radical (unpaired) electrons. The third-order valence-corrected chi connectivity index (χ3v) is 3.00. The van der Waals surface area contributed by atoms with E-state index < -0.39 is 6.09 Å². The van der Waals surface area contributed by atoms with E-state index in [4.69, 9.17) is 10.5 Å². The first kappa shape index (κ1) is 18.2. The van der Waals surface area contributed by atoms with Crippen LogP contribution in [-0.2, 0) is 4.74 Å². The largest absolute Gasteiger partial charge is 0.450 e. The molecule has 0 spiro atoms. The van der Waals surface area contributed by atoms with E-state index in [1.165, 1.54) is 0 Å². The van der Waals surface area contributed by atoms with E-state index in [0.717, 1.165) is 0 Å². The fraction of sp³-hybridized carbons (Fsp3) is 0.294. The average Bonchev–Trinajstić information content (AvgIpc) is 2.57. The summed E-state index contributed by atoms with van der Waals surface area (Å²) in [6.45, 7) is 5.92. The standard InChI is InChI=1S/C17H22N6O2/c1-4-25-17(24)20-13-10-14(16(19-11(2)3)21-15(13)18)23-22-12-8-6-5-7-9-12/h5-11H,4H2,1-3H3,(H,20,24)(H3,18,19,21). The summed E-state index contributed by atoms with van der Waals surface area (Å²) in [6.07, 6.45) is -0.605. The van der Waals surface area contributed by atoms with E-state index in [9.17, 15) is 4.79 Å². The second kappa shape index (κ2) is 8.62. The number of nitrogens with zero attached hydrogens (tertiary/aromatic N) is 3.